The molecule has 0 fully saturated rings. The fraction of sp³-hybridized carbons (Fsp3) is 0.414. The molecule has 0 heterocycles. The van der Waals surface area contributed by atoms with Crippen molar-refractivity contribution in [3.05, 3.63) is 65.7 Å². The summed E-state index contributed by atoms with van der Waals surface area (Å²) in [6.45, 7) is 2.13. The van der Waals surface area contributed by atoms with E-state index in [-0.39, 0.29) is 37.5 Å². The van der Waals surface area contributed by atoms with Gasteiger partial charge in [0.15, 0.2) is 5.96 Å². The largest absolute Gasteiger partial charge is 0.508 e. The molecule has 13 nitrogen and oxygen atoms in total. The van der Waals surface area contributed by atoms with Crippen LogP contribution in [0.2, 0.25) is 0 Å². The molecule has 228 valence electrons. The quantitative estimate of drug-likeness (QED) is 0.0668. The highest BCUT2D eigenvalue weighted by atomic mass is 16.3. The monoisotopic (exact) mass is 582 g/mol. The number of hydrogen-bond acceptors (Lipinski definition) is 7. The number of nitrogens with one attached hydrogen (secondary N) is 5. The van der Waals surface area contributed by atoms with E-state index in [4.69, 9.17) is 22.6 Å². The van der Waals surface area contributed by atoms with Crippen molar-refractivity contribution >= 4 is 29.6 Å². The van der Waals surface area contributed by atoms with Crippen LogP contribution >= 0.6 is 0 Å². The number of aromatic hydroxyl groups is 1. The molecule has 0 aliphatic carbocycles. The molecule has 2 rings (SSSR count). The van der Waals surface area contributed by atoms with Gasteiger partial charge in [0.2, 0.25) is 23.6 Å². The molecule has 12 N–H and O–H groups in total. The number of phenolic OH excluding ortho intramolecular Hbond substituents is 1. The second-order valence-corrected chi connectivity index (χ2v) is 10.0. The lowest BCUT2D eigenvalue weighted by atomic mass is 10.0. The van der Waals surface area contributed by atoms with Gasteiger partial charge in [-0.05, 0) is 48.9 Å². The maximum Gasteiger partial charge on any atom is 0.243 e. The number of amides is 4. The standard InChI is InChI=1S/C29H42N8O5/c1-2-7-22(25(31)39)35-28(42)24(17-18-8-4-3-5-9-18)37-27(41)23(10-6-15-34-29(32)33)36-26(40)21(30)16-19-11-13-20(38)14-12-19/h3-5,8-9,11-14,21-24,38H,2,6-7,10,15-17,30H2,1H3,(H2,31,39)(H,35,42)(H,36,40)(H,37,41)(H4,32,33,34)/t21-,22-,23-,24-/m0/s1. The minimum atomic E-state index is -1.07. The van der Waals surface area contributed by atoms with Crippen LogP contribution in [0.1, 0.15) is 43.7 Å². The lowest BCUT2D eigenvalue weighted by Crippen LogP contribution is -2.58. The average Bonchev–Trinajstić information content (AvgIpc) is 2.95. The summed E-state index contributed by atoms with van der Waals surface area (Å²) >= 11 is 0. The first kappa shape index (κ1) is 33.6. The number of primary amides is 1. The first-order chi connectivity index (χ1) is 20.0. The van der Waals surface area contributed by atoms with Gasteiger partial charge in [0.25, 0.3) is 0 Å². The molecule has 0 aliphatic heterocycles. The van der Waals surface area contributed by atoms with E-state index < -0.39 is 47.8 Å². The first-order valence-corrected chi connectivity index (χ1v) is 13.9. The van der Waals surface area contributed by atoms with E-state index in [1.807, 2.05) is 13.0 Å². The molecule has 0 saturated heterocycles. The summed E-state index contributed by atoms with van der Waals surface area (Å²) in [7, 11) is 0. The van der Waals surface area contributed by atoms with Crippen LogP contribution in [-0.2, 0) is 32.0 Å². The molecule has 13 heteroatoms. The zero-order chi connectivity index (χ0) is 31.1. The molecule has 0 aromatic heterocycles. The molecule has 4 atom stereocenters. The van der Waals surface area contributed by atoms with E-state index >= 15 is 0 Å². The number of phenols is 1. The number of hydrogen-bond donors (Lipinski definition) is 9. The van der Waals surface area contributed by atoms with E-state index in [0.717, 1.165) is 11.1 Å². The molecule has 0 bridgehead atoms. The third-order valence-electron chi connectivity index (χ3n) is 6.50. The van der Waals surface area contributed by atoms with Gasteiger partial charge in [-0.2, -0.15) is 0 Å². The Kier molecular flexibility index (Phi) is 13.8. The van der Waals surface area contributed by atoms with Gasteiger partial charge in [-0.1, -0.05) is 55.8 Å². The smallest absolute Gasteiger partial charge is 0.243 e. The lowest BCUT2D eigenvalue weighted by molar-refractivity contribution is -0.133. The number of guanidine groups is 1. The fourth-order valence-corrected chi connectivity index (χ4v) is 4.23. The molecule has 0 saturated carbocycles. The van der Waals surface area contributed by atoms with Gasteiger partial charge in [-0.15, -0.1) is 0 Å². The van der Waals surface area contributed by atoms with Crippen LogP contribution in [0.5, 0.6) is 5.75 Å². The van der Waals surface area contributed by atoms with E-state index in [9.17, 15) is 24.3 Å². The topological polar surface area (TPSA) is 239 Å². The number of carbonyl (C=O) groups is 4. The summed E-state index contributed by atoms with van der Waals surface area (Å²) in [6.07, 6.45) is 1.76. The Bertz CT molecular complexity index is 1190. The molecule has 42 heavy (non-hydrogen) atoms. The Hall–Kier alpha value is -4.65. The fourth-order valence-electron chi connectivity index (χ4n) is 4.23. The van der Waals surface area contributed by atoms with Crippen molar-refractivity contribution in [3.8, 4) is 5.75 Å². The normalized spacial score (nSPS) is 13.6. The van der Waals surface area contributed by atoms with E-state index in [2.05, 4.69) is 21.3 Å². The van der Waals surface area contributed by atoms with Crippen molar-refractivity contribution in [3.63, 3.8) is 0 Å². The predicted molar refractivity (Wildman–Crippen MR) is 159 cm³/mol. The van der Waals surface area contributed by atoms with Gasteiger partial charge in [0, 0.05) is 13.0 Å². The van der Waals surface area contributed by atoms with Crippen LogP contribution in [0.3, 0.4) is 0 Å². The van der Waals surface area contributed by atoms with Crippen molar-refractivity contribution in [2.75, 3.05) is 6.54 Å². The highest BCUT2D eigenvalue weighted by Gasteiger charge is 2.30. The van der Waals surface area contributed by atoms with Crippen molar-refractivity contribution in [2.24, 2.45) is 17.2 Å². The summed E-state index contributed by atoms with van der Waals surface area (Å²) in [6, 6.07) is 11.3. The Morgan fingerprint density at radius 3 is 1.95 bits per heavy atom. The first-order valence-electron chi connectivity index (χ1n) is 13.9. The van der Waals surface area contributed by atoms with E-state index in [0.29, 0.717) is 19.3 Å². The molecule has 0 aliphatic rings. The van der Waals surface area contributed by atoms with Crippen LogP contribution in [0.4, 0.5) is 0 Å². The van der Waals surface area contributed by atoms with Crippen LogP contribution in [0, 0.1) is 5.41 Å². The van der Waals surface area contributed by atoms with Gasteiger partial charge < -0.3 is 43.6 Å². The average molecular weight is 583 g/mol. The van der Waals surface area contributed by atoms with Crippen molar-refractivity contribution in [2.45, 2.75) is 69.6 Å². The maximum absolute atomic E-state index is 13.5. The van der Waals surface area contributed by atoms with Crippen molar-refractivity contribution in [1.82, 2.24) is 21.3 Å². The number of nitrogens with two attached hydrogens (primary N) is 3. The highest BCUT2D eigenvalue weighted by Crippen LogP contribution is 2.12. The van der Waals surface area contributed by atoms with Gasteiger partial charge in [0.05, 0.1) is 6.04 Å². The Morgan fingerprint density at radius 1 is 0.786 bits per heavy atom. The zero-order valence-electron chi connectivity index (χ0n) is 23.8. The van der Waals surface area contributed by atoms with E-state index in [1.165, 1.54) is 12.1 Å². The molecule has 0 radical (unpaired) electrons. The van der Waals surface area contributed by atoms with Gasteiger partial charge >= 0.3 is 0 Å². The summed E-state index contributed by atoms with van der Waals surface area (Å²) in [5, 5.41) is 27.5. The van der Waals surface area contributed by atoms with Gasteiger partial charge in [0.1, 0.15) is 23.9 Å². The molecule has 0 unspecified atom stereocenters. The third kappa shape index (κ3) is 11.8. The molecular weight excluding hydrogens is 540 g/mol. The van der Waals surface area contributed by atoms with Crippen molar-refractivity contribution < 1.29 is 24.3 Å². The maximum atomic E-state index is 13.5. The summed E-state index contributed by atoms with van der Waals surface area (Å²) < 4.78 is 0. The molecule has 2 aromatic carbocycles. The molecule has 0 spiro atoms. The Morgan fingerprint density at radius 2 is 1.36 bits per heavy atom. The third-order valence-corrected chi connectivity index (χ3v) is 6.50. The second-order valence-electron chi connectivity index (χ2n) is 10.0. The minimum Gasteiger partial charge on any atom is -0.508 e. The summed E-state index contributed by atoms with van der Waals surface area (Å²) in [5.41, 5.74) is 18.4. The SMILES string of the molecule is CCC[C@H](NC(=O)[C@H](Cc1ccccc1)NC(=O)[C@H](CCCNC(=N)N)NC(=O)[C@@H](N)Cc1ccc(O)cc1)C(N)=O. The number of rotatable bonds is 17. The van der Waals surface area contributed by atoms with Gasteiger partial charge in [-0.25, -0.2) is 0 Å². The Labute approximate surface area is 245 Å². The van der Waals surface area contributed by atoms with Crippen LogP contribution in [0.25, 0.3) is 0 Å². The van der Waals surface area contributed by atoms with Crippen LogP contribution in [-0.4, -0.2) is 65.4 Å². The molecular formula is C29H42N8O5. The molecule has 4 amide bonds. The minimum absolute atomic E-state index is 0.0821. The lowest BCUT2D eigenvalue weighted by Gasteiger charge is -2.25. The highest BCUT2D eigenvalue weighted by molar-refractivity contribution is 5.94. The van der Waals surface area contributed by atoms with Crippen LogP contribution < -0.4 is 38.5 Å². The summed E-state index contributed by atoms with van der Waals surface area (Å²) in [4.78, 5) is 51.7. The summed E-state index contributed by atoms with van der Waals surface area (Å²) in [5.74, 6) is -2.61. The number of benzene rings is 2. The zero-order valence-corrected chi connectivity index (χ0v) is 23.8. The predicted octanol–water partition coefficient (Wildman–Crippen LogP) is -0.492. The van der Waals surface area contributed by atoms with Crippen molar-refractivity contribution in [1.29, 1.82) is 5.41 Å². The van der Waals surface area contributed by atoms with E-state index in [1.54, 1.807) is 36.4 Å². The molecule has 2 aromatic rings. The second kappa shape index (κ2) is 17.2. The number of carbonyl (C=O) groups excluding carboxylic acids is 4. The van der Waals surface area contributed by atoms with Crippen LogP contribution in [0.15, 0.2) is 54.6 Å². The Balaban J connectivity index is 2.21. The van der Waals surface area contributed by atoms with Gasteiger partial charge in [-0.3, -0.25) is 24.6 Å².